The highest BCUT2D eigenvalue weighted by Gasteiger charge is 2.36. The van der Waals surface area contributed by atoms with Crippen molar-refractivity contribution in [1.29, 1.82) is 0 Å². The molecule has 2 saturated heterocycles. The Hall–Kier alpha value is -3.90. The molecule has 3 heterocycles. The van der Waals surface area contributed by atoms with Crippen LogP contribution in [0.1, 0.15) is 54.1 Å². The third-order valence-electron chi connectivity index (χ3n) is 9.03. The Morgan fingerprint density at radius 3 is 2.17 bits per heavy atom. The number of benzene rings is 3. The summed E-state index contributed by atoms with van der Waals surface area (Å²) in [5.74, 6) is -0.317. The van der Waals surface area contributed by atoms with Crippen molar-refractivity contribution in [2.24, 2.45) is 10.4 Å². The first kappa shape index (κ1) is 26.3. The standard InChI is InChI=1S/C34H38N4O2/c1-24-9-14-29-30(23-24)38(25(2)39)33(40)31(29)32(26-7-5-4-6-8-26)35-27-10-12-28(13-11-27)37-21-17-34(18-22-37)15-19-36(3)20-16-34/h4-14,23,40H,15-22H2,1-3H3. The molecule has 0 atom stereocenters. The first-order valence-corrected chi connectivity index (χ1v) is 14.4. The van der Waals surface area contributed by atoms with Crippen LogP contribution in [0.4, 0.5) is 11.4 Å². The number of hydrogen-bond donors (Lipinski definition) is 1. The molecule has 0 radical (unpaired) electrons. The quantitative estimate of drug-likeness (QED) is 0.293. The smallest absolute Gasteiger partial charge is 0.230 e. The summed E-state index contributed by atoms with van der Waals surface area (Å²) in [6, 6.07) is 24.2. The summed E-state index contributed by atoms with van der Waals surface area (Å²) in [6.07, 6.45) is 5.16. The highest BCUT2D eigenvalue weighted by atomic mass is 16.3. The van der Waals surface area contributed by atoms with Gasteiger partial charge in [0.25, 0.3) is 0 Å². The molecule has 2 aliphatic heterocycles. The highest BCUT2D eigenvalue weighted by molar-refractivity contribution is 6.23. The summed E-state index contributed by atoms with van der Waals surface area (Å²) in [6.45, 7) is 8.09. The zero-order chi connectivity index (χ0) is 27.9. The van der Waals surface area contributed by atoms with Crippen LogP contribution in [-0.2, 0) is 0 Å². The van der Waals surface area contributed by atoms with E-state index in [4.69, 9.17) is 4.99 Å². The van der Waals surface area contributed by atoms with Crippen molar-refractivity contribution in [3.05, 3.63) is 89.5 Å². The van der Waals surface area contributed by atoms with Crippen LogP contribution < -0.4 is 4.90 Å². The molecule has 3 aromatic carbocycles. The monoisotopic (exact) mass is 534 g/mol. The van der Waals surface area contributed by atoms with Gasteiger partial charge in [-0.05, 0) is 94.1 Å². The number of aryl methyl sites for hydroxylation is 1. The van der Waals surface area contributed by atoms with Gasteiger partial charge < -0.3 is 14.9 Å². The number of rotatable bonds is 4. The minimum Gasteiger partial charge on any atom is -0.494 e. The van der Waals surface area contributed by atoms with E-state index >= 15 is 0 Å². The van der Waals surface area contributed by atoms with Gasteiger partial charge in [0.05, 0.1) is 22.5 Å². The molecule has 1 spiro atoms. The molecule has 4 aromatic rings. The fourth-order valence-corrected chi connectivity index (χ4v) is 6.50. The van der Waals surface area contributed by atoms with E-state index in [9.17, 15) is 9.90 Å². The first-order chi connectivity index (χ1) is 19.3. The van der Waals surface area contributed by atoms with Gasteiger partial charge in [0.2, 0.25) is 11.8 Å². The average Bonchev–Trinajstić information content (AvgIpc) is 3.25. The van der Waals surface area contributed by atoms with Crippen molar-refractivity contribution in [3.63, 3.8) is 0 Å². The molecular formula is C34H38N4O2. The lowest BCUT2D eigenvalue weighted by molar-refractivity contribution is 0.0933. The summed E-state index contributed by atoms with van der Waals surface area (Å²) < 4.78 is 1.38. The molecule has 206 valence electrons. The molecule has 2 fully saturated rings. The second-order valence-corrected chi connectivity index (χ2v) is 11.7. The zero-order valence-electron chi connectivity index (χ0n) is 23.7. The van der Waals surface area contributed by atoms with Crippen LogP contribution in [0.5, 0.6) is 5.88 Å². The van der Waals surface area contributed by atoms with E-state index in [1.54, 1.807) is 0 Å². The molecule has 1 N–H and O–H groups in total. The first-order valence-electron chi connectivity index (χ1n) is 14.4. The maximum absolute atomic E-state index is 12.6. The molecule has 6 heteroatoms. The van der Waals surface area contributed by atoms with Gasteiger partial charge in [0.1, 0.15) is 0 Å². The van der Waals surface area contributed by atoms with Gasteiger partial charge in [-0.25, -0.2) is 4.99 Å². The predicted octanol–water partition coefficient (Wildman–Crippen LogP) is 6.80. The number of carbonyl (C=O) groups is 1. The largest absolute Gasteiger partial charge is 0.494 e. The van der Waals surface area contributed by atoms with Gasteiger partial charge in [-0.3, -0.25) is 9.36 Å². The van der Waals surface area contributed by atoms with Crippen molar-refractivity contribution in [1.82, 2.24) is 9.47 Å². The van der Waals surface area contributed by atoms with Crippen LogP contribution in [0.15, 0.2) is 77.8 Å². The fraction of sp³-hybridized carbons (Fsp3) is 0.353. The second-order valence-electron chi connectivity index (χ2n) is 11.7. The molecule has 0 bridgehead atoms. The van der Waals surface area contributed by atoms with Gasteiger partial charge in [-0.15, -0.1) is 0 Å². The Labute approximate surface area is 236 Å². The second kappa shape index (κ2) is 10.6. The normalized spacial score (nSPS) is 18.0. The molecule has 6 nitrogen and oxygen atoms in total. The lowest BCUT2D eigenvalue weighted by Crippen LogP contribution is -2.46. The fourth-order valence-electron chi connectivity index (χ4n) is 6.50. The average molecular weight is 535 g/mol. The Kier molecular flexibility index (Phi) is 6.97. The summed E-state index contributed by atoms with van der Waals surface area (Å²) in [7, 11) is 2.23. The Morgan fingerprint density at radius 2 is 1.52 bits per heavy atom. The van der Waals surface area contributed by atoms with Crippen molar-refractivity contribution in [2.75, 3.05) is 38.1 Å². The van der Waals surface area contributed by atoms with Crippen molar-refractivity contribution in [3.8, 4) is 5.88 Å². The van der Waals surface area contributed by atoms with Gasteiger partial charge in [-0.2, -0.15) is 0 Å². The maximum atomic E-state index is 12.6. The van der Waals surface area contributed by atoms with E-state index in [0.29, 0.717) is 22.2 Å². The lowest BCUT2D eigenvalue weighted by Gasteiger charge is -2.46. The Morgan fingerprint density at radius 1 is 0.875 bits per heavy atom. The van der Waals surface area contributed by atoms with Crippen LogP contribution in [0, 0.1) is 12.3 Å². The van der Waals surface area contributed by atoms with Gasteiger partial charge in [0, 0.05) is 36.7 Å². The van der Waals surface area contributed by atoms with E-state index in [2.05, 4.69) is 41.1 Å². The Balaban J connectivity index is 1.34. The molecule has 0 saturated carbocycles. The summed E-state index contributed by atoms with van der Waals surface area (Å²) in [4.78, 5) is 22.6. The number of aromatic hydroxyl groups is 1. The van der Waals surface area contributed by atoms with Gasteiger partial charge >= 0.3 is 0 Å². The molecular weight excluding hydrogens is 496 g/mol. The van der Waals surface area contributed by atoms with Crippen LogP contribution in [0.2, 0.25) is 0 Å². The number of aliphatic imine (C=N–C) groups is 1. The number of carbonyl (C=O) groups excluding carboxylic acids is 1. The van der Waals surface area contributed by atoms with Crippen molar-refractivity contribution < 1.29 is 9.90 Å². The van der Waals surface area contributed by atoms with E-state index in [-0.39, 0.29) is 11.8 Å². The minimum atomic E-state index is -0.236. The number of hydrogen-bond acceptors (Lipinski definition) is 5. The van der Waals surface area contributed by atoms with Crippen LogP contribution >= 0.6 is 0 Å². The van der Waals surface area contributed by atoms with Gasteiger partial charge in [-0.1, -0.05) is 42.5 Å². The van der Waals surface area contributed by atoms with E-state index in [1.807, 2.05) is 55.5 Å². The van der Waals surface area contributed by atoms with E-state index < -0.39 is 0 Å². The molecule has 0 unspecified atom stereocenters. The number of anilines is 1. The minimum absolute atomic E-state index is 0.0801. The number of likely N-dealkylation sites (tertiary alicyclic amines) is 1. The highest BCUT2D eigenvalue weighted by Crippen LogP contribution is 2.42. The molecule has 1 aromatic heterocycles. The Bertz CT molecular complexity index is 1550. The van der Waals surface area contributed by atoms with Crippen molar-refractivity contribution in [2.45, 2.75) is 39.5 Å². The zero-order valence-corrected chi connectivity index (χ0v) is 23.7. The summed E-state index contributed by atoms with van der Waals surface area (Å²) in [5, 5.41) is 12.2. The summed E-state index contributed by atoms with van der Waals surface area (Å²) >= 11 is 0. The van der Waals surface area contributed by atoms with Crippen LogP contribution in [-0.4, -0.2) is 59.4 Å². The topological polar surface area (TPSA) is 61.1 Å². The van der Waals surface area contributed by atoms with Gasteiger partial charge in [0.15, 0.2) is 0 Å². The molecule has 0 amide bonds. The van der Waals surface area contributed by atoms with E-state index in [1.165, 1.54) is 56.0 Å². The number of aromatic nitrogens is 1. The van der Waals surface area contributed by atoms with Crippen LogP contribution in [0.3, 0.4) is 0 Å². The third kappa shape index (κ3) is 4.92. The lowest BCUT2D eigenvalue weighted by atomic mass is 9.71. The number of piperidine rings is 2. The summed E-state index contributed by atoms with van der Waals surface area (Å²) in [5.41, 5.74) is 6.36. The predicted molar refractivity (Wildman–Crippen MR) is 163 cm³/mol. The molecule has 40 heavy (non-hydrogen) atoms. The van der Waals surface area contributed by atoms with Crippen molar-refractivity contribution >= 4 is 33.9 Å². The molecule has 2 aliphatic rings. The number of nitrogens with zero attached hydrogens (tertiary/aromatic N) is 4. The van der Waals surface area contributed by atoms with Crippen LogP contribution in [0.25, 0.3) is 10.9 Å². The third-order valence-corrected chi connectivity index (χ3v) is 9.03. The van der Waals surface area contributed by atoms with E-state index in [0.717, 1.165) is 35.3 Å². The molecule has 6 rings (SSSR count). The number of fused-ring (bicyclic) bond motifs is 1. The maximum Gasteiger partial charge on any atom is 0.230 e. The molecule has 0 aliphatic carbocycles. The SMILES string of the molecule is CC(=O)n1c(O)c(C(=Nc2ccc(N3CCC4(CCN(C)CC4)CC3)cc2)c2ccccc2)c2ccc(C)cc21.